The Labute approximate surface area is 176 Å². The van der Waals surface area contributed by atoms with Crippen LogP contribution in [0.2, 0.25) is 0 Å². The molecule has 1 aliphatic carbocycles. The van der Waals surface area contributed by atoms with E-state index < -0.39 is 5.92 Å². The second-order valence-corrected chi connectivity index (χ2v) is 8.00. The third kappa shape index (κ3) is 3.73. The molecule has 0 radical (unpaired) electrons. The molecule has 0 saturated heterocycles. The summed E-state index contributed by atoms with van der Waals surface area (Å²) in [7, 11) is 1.84. The summed E-state index contributed by atoms with van der Waals surface area (Å²) in [6.07, 6.45) is 7.36. The molecule has 4 aromatic heterocycles. The standard InChI is InChI=1S/C21H21F2N7O/c1-29-12-13(10-25-29)15-3-2-8-24-17(15)9-18-27-19-16(20(31)28-18)11-26-30(19)14-4-6-21(22,23)7-5-14/h2-3,8,10-12,14H,4-7,9H2,1H3,(H,27,28,31). The van der Waals surface area contributed by atoms with Gasteiger partial charge in [-0.25, -0.2) is 18.4 Å². The van der Waals surface area contributed by atoms with Gasteiger partial charge < -0.3 is 4.98 Å². The largest absolute Gasteiger partial charge is 0.310 e. The Balaban J connectivity index is 1.50. The van der Waals surface area contributed by atoms with E-state index in [1.807, 2.05) is 25.4 Å². The van der Waals surface area contributed by atoms with E-state index >= 15 is 0 Å². The molecular formula is C21H21F2N7O. The van der Waals surface area contributed by atoms with Crippen molar-refractivity contribution >= 4 is 11.0 Å². The van der Waals surface area contributed by atoms with Crippen molar-refractivity contribution in [3.8, 4) is 11.1 Å². The molecule has 10 heteroatoms. The second kappa shape index (κ2) is 7.36. The number of aryl methyl sites for hydroxylation is 1. The molecule has 1 aliphatic rings. The van der Waals surface area contributed by atoms with Crippen molar-refractivity contribution in [1.29, 1.82) is 0 Å². The van der Waals surface area contributed by atoms with Gasteiger partial charge in [0.05, 0.1) is 24.1 Å². The van der Waals surface area contributed by atoms with Crippen LogP contribution in [-0.2, 0) is 13.5 Å². The summed E-state index contributed by atoms with van der Waals surface area (Å²) < 4.78 is 30.5. The van der Waals surface area contributed by atoms with Gasteiger partial charge in [-0.3, -0.25) is 14.5 Å². The number of aromatic nitrogens is 7. The fraction of sp³-hybridized carbons (Fsp3) is 0.381. The van der Waals surface area contributed by atoms with Gasteiger partial charge in [-0.1, -0.05) is 6.07 Å². The second-order valence-electron chi connectivity index (χ2n) is 8.00. The summed E-state index contributed by atoms with van der Waals surface area (Å²) >= 11 is 0. The first-order valence-corrected chi connectivity index (χ1v) is 10.2. The molecule has 0 aromatic carbocycles. The number of pyridine rings is 1. The van der Waals surface area contributed by atoms with E-state index in [1.54, 1.807) is 21.8 Å². The van der Waals surface area contributed by atoms with Gasteiger partial charge in [0.25, 0.3) is 5.56 Å². The Morgan fingerprint density at radius 3 is 2.77 bits per heavy atom. The highest BCUT2D eigenvalue weighted by Gasteiger charge is 2.36. The fourth-order valence-corrected chi connectivity index (χ4v) is 4.16. The van der Waals surface area contributed by atoms with Crippen LogP contribution in [0.1, 0.15) is 43.2 Å². The molecule has 1 N–H and O–H groups in total. The maximum atomic E-state index is 13.6. The number of alkyl halides is 2. The Hall–Kier alpha value is -3.43. The number of halogens is 2. The van der Waals surface area contributed by atoms with Crippen LogP contribution in [0, 0.1) is 0 Å². The van der Waals surface area contributed by atoms with Crippen LogP contribution in [0.3, 0.4) is 0 Å². The Morgan fingerprint density at radius 2 is 2.03 bits per heavy atom. The van der Waals surface area contributed by atoms with Crippen molar-refractivity contribution < 1.29 is 8.78 Å². The number of rotatable bonds is 4. The van der Waals surface area contributed by atoms with Crippen LogP contribution in [-0.4, -0.2) is 40.4 Å². The van der Waals surface area contributed by atoms with Crippen LogP contribution in [0.5, 0.6) is 0 Å². The van der Waals surface area contributed by atoms with Gasteiger partial charge in [0.15, 0.2) is 5.65 Å². The fourth-order valence-electron chi connectivity index (χ4n) is 4.16. The van der Waals surface area contributed by atoms with E-state index in [0.29, 0.717) is 36.1 Å². The topological polar surface area (TPSA) is 94.3 Å². The molecule has 0 bridgehead atoms. The zero-order valence-electron chi connectivity index (χ0n) is 16.9. The van der Waals surface area contributed by atoms with Crippen LogP contribution in [0.4, 0.5) is 8.78 Å². The highest BCUT2D eigenvalue weighted by molar-refractivity contribution is 5.73. The maximum Gasteiger partial charge on any atom is 0.262 e. The molecule has 0 spiro atoms. The number of aromatic amines is 1. The number of fused-ring (bicyclic) bond motifs is 1. The predicted octanol–water partition coefficient (Wildman–Crippen LogP) is 3.26. The number of hydrogen-bond acceptors (Lipinski definition) is 5. The lowest BCUT2D eigenvalue weighted by atomic mass is 9.92. The van der Waals surface area contributed by atoms with Crippen molar-refractivity contribution in [2.45, 2.75) is 44.1 Å². The summed E-state index contributed by atoms with van der Waals surface area (Å²) in [5.74, 6) is -2.18. The molecule has 4 heterocycles. The summed E-state index contributed by atoms with van der Waals surface area (Å²) in [6, 6.07) is 3.60. The molecule has 0 amide bonds. The zero-order valence-corrected chi connectivity index (χ0v) is 16.9. The lowest BCUT2D eigenvalue weighted by Gasteiger charge is -2.28. The zero-order chi connectivity index (χ0) is 21.6. The van der Waals surface area contributed by atoms with Gasteiger partial charge >= 0.3 is 0 Å². The first-order valence-electron chi connectivity index (χ1n) is 10.2. The minimum Gasteiger partial charge on any atom is -0.310 e. The molecular weight excluding hydrogens is 404 g/mol. The number of nitrogens with zero attached hydrogens (tertiary/aromatic N) is 6. The van der Waals surface area contributed by atoms with Crippen molar-refractivity contribution in [2.75, 3.05) is 0 Å². The van der Waals surface area contributed by atoms with Crippen molar-refractivity contribution in [3.63, 3.8) is 0 Å². The highest BCUT2D eigenvalue weighted by atomic mass is 19.3. The van der Waals surface area contributed by atoms with Gasteiger partial charge in [0.1, 0.15) is 11.2 Å². The first kappa shape index (κ1) is 19.5. The van der Waals surface area contributed by atoms with Crippen molar-refractivity contribution in [1.82, 2.24) is 34.5 Å². The monoisotopic (exact) mass is 425 g/mol. The molecule has 160 valence electrons. The Morgan fingerprint density at radius 1 is 1.23 bits per heavy atom. The minimum absolute atomic E-state index is 0.183. The van der Waals surface area contributed by atoms with Crippen LogP contribution in [0.25, 0.3) is 22.2 Å². The van der Waals surface area contributed by atoms with E-state index in [0.717, 1.165) is 16.8 Å². The first-order chi connectivity index (χ1) is 14.9. The lowest BCUT2D eigenvalue weighted by Crippen LogP contribution is -2.27. The molecule has 0 unspecified atom stereocenters. The van der Waals surface area contributed by atoms with E-state index in [2.05, 4.69) is 25.1 Å². The normalized spacial score (nSPS) is 16.7. The van der Waals surface area contributed by atoms with Crippen LogP contribution < -0.4 is 5.56 Å². The SMILES string of the molecule is Cn1cc(-c2cccnc2Cc2nc3c(cnn3C3CCC(F)(F)CC3)c(=O)[nH]2)cn1. The molecule has 1 saturated carbocycles. The van der Waals surface area contributed by atoms with E-state index in [-0.39, 0.29) is 24.4 Å². The summed E-state index contributed by atoms with van der Waals surface area (Å²) in [5.41, 5.74) is 2.70. The smallest absolute Gasteiger partial charge is 0.262 e. The van der Waals surface area contributed by atoms with Crippen molar-refractivity contribution in [3.05, 3.63) is 58.8 Å². The van der Waals surface area contributed by atoms with Gasteiger partial charge in [-0.05, 0) is 18.9 Å². The highest BCUT2D eigenvalue weighted by Crippen LogP contribution is 2.38. The van der Waals surface area contributed by atoms with Gasteiger partial charge in [-0.2, -0.15) is 10.2 Å². The van der Waals surface area contributed by atoms with Gasteiger partial charge in [0.2, 0.25) is 5.92 Å². The molecule has 1 fully saturated rings. The third-order valence-electron chi connectivity index (χ3n) is 5.79. The molecule has 5 rings (SSSR count). The molecule has 31 heavy (non-hydrogen) atoms. The maximum absolute atomic E-state index is 13.6. The van der Waals surface area contributed by atoms with Gasteiger partial charge in [0, 0.05) is 49.8 Å². The van der Waals surface area contributed by atoms with E-state index in [1.165, 1.54) is 6.20 Å². The molecule has 0 atom stereocenters. The summed E-state index contributed by atoms with van der Waals surface area (Å²) in [6.45, 7) is 0. The third-order valence-corrected chi connectivity index (χ3v) is 5.79. The predicted molar refractivity (Wildman–Crippen MR) is 110 cm³/mol. The van der Waals surface area contributed by atoms with E-state index in [9.17, 15) is 13.6 Å². The number of nitrogens with one attached hydrogen (secondary N) is 1. The average molecular weight is 425 g/mol. The molecule has 4 aromatic rings. The lowest BCUT2D eigenvalue weighted by molar-refractivity contribution is -0.0446. The number of H-pyrrole nitrogens is 1. The number of hydrogen-bond donors (Lipinski definition) is 1. The molecule has 0 aliphatic heterocycles. The van der Waals surface area contributed by atoms with Crippen LogP contribution >= 0.6 is 0 Å². The van der Waals surface area contributed by atoms with Crippen LogP contribution in [0.15, 0.2) is 41.7 Å². The van der Waals surface area contributed by atoms with E-state index in [4.69, 9.17) is 0 Å². The minimum atomic E-state index is -2.63. The summed E-state index contributed by atoms with van der Waals surface area (Å²) in [5, 5.41) is 8.88. The van der Waals surface area contributed by atoms with Gasteiger partial charge in [-0.15, -0.1) is 0 Å². The quantitative estimate of drug-likeness (QED) is 0.542. The Kier molecular flexibility index (Phi) is 4.64. The summed E-state index contributed by atoms with van der Waals surface area (Å²) in [4.78, 5) is 24.6. The Bertz CT molecular complexity index is 1300. The average Bonchev–Trinajstić information content (AvgIpc) is 3.35. The molecule has 8 nitrogen and oxygen atoms in total. The van der Waals surface area contributed by atoms with Crippen molar-refractivity contribution in [2.24, 2.45) is 7.05 Å².